The summed E-state index contributed by atoms with van der Waals surface area (Å²) < 4.78 is 22.0. The second-order valence-electron chi connectivity index (χ2n) is 7.70. The lowest BCUT2D eigenvalue weighted by Crippen LogP contribution is -1.97. The summed E-state index contributed by atoms with van der Waals surface area (Å²) in [6.45, 7) is 2.98. The van der Waals surface area contributed by atoms with Gasteiger partial charge >= 0.3 is 0 Å². The highest BCUT2D eigenvalue weighted by atomic mass is 19.1. The summed E-state index contributed by atoms with van der Waals surface area (Å²) in [7, 11) is 0. The molecule has 0 amide bonds. The van der Waals surface area contributed by atoms with Crippen LogP contribution in [0.1, 0.15) is 6.92 Å². The second-order valence-corrected chi connectivity index (χ2v) is 7.70. The van der Waals surface area contributed by atoms with E-state index in [0.29, 0.717) is 0 Å². The SMILES string of the molecule is CCn1c(-c2ccc3oc4cc(-c5cccc(F)c5)ccc4c3c2)nc2ccccc21. The van der Waals surface area contributed by atoms with Crippen LogP contribution in [-0.4, -0.2) is 9.55 Å². The quantitative estimate of drug-likeness (QED) is 0.306. The van der Waals surface area contributed by atoms with E-state index in [0.717, 1.165) is 62.0 Å². The van der Waals surface area contributed by atoms with Gasteiger partial charge in [0.2, 0.25) is 0 Å². The summed E-state index contributed by atoms with van der Waals surface area (Å²) in [5.41, 5.74) is 6.57. The van der Waals surface area contributed by atoms with Gasteiger partial charge in [0.1, 0.15) is 22.8 Å². The first-order valence-corrected chi connectivity index (χ1v) is 10.4. The molecule has 0 unspecified atom stereocenters. The van der Waals surface area contributed by atoms with Gasteiger partial charge in [-0.1, -0.05) is 30.3 Å². The Morgan fingerprint density at radius 2 is 1.61 bits per heavy atom. The van der Waals surface area contributed by atoms with Gasteiger partial charge in [0.05, 0.1) is 11.0 Å². The highest BCUT2D eigenvalue weighted by Gasteiger charge is 2.14. The zero-order chi connectivity index (χ0) is 20.9. The van der Waals surface area contributed by atoms with Crippen LogP contribution >= 0.6 is 0 Å². The Hall–Kier alpha value is -3.92. The van der Waals surface area contributed by atoms with Gasteiger partial charge in [-0.2, -0.15) is 0 Å². The van der Waals surface area contributed by atoms with Gasteiger partial charge < -0.3 is 8.98 Å². The number of fused-ring (bicyclic) bond motifs is 4. The molecule has 0 aliphatic rings. The van der Waals surface area contributed by atoms with E-state index in [1.54, 1.807) is 6.07 Å². The average Bonchev–Trinajstić information content (AvgIpc) is 3.36. The Kier molecular flexibility index (Phi) is 3.93. The fraction of sp³-hybridized carbons (Fsp3) is 0.0741. The number of furan rings is 1. The summed E-state index contributed by atoms with van der Waals surface area (Å²) in [5.74, 6) is 0.710. The molecule has 6 rings (SSSR count). The lowest BCUT2D eigenvalue weighted by atomic mass is 10.0. The normalized spacial score (nSPS) is 11.7. The molecule has 4 heteroatoms. The van der Waals surface area contributed by atoms with Crippen molar-refractivity contribution in [2.45, 2.75) is 13.5 Å². The molecule has 4 aromatic carbocycles. The number of halogens is 1. The van der Waals surface area contributed by atoms with Crippen LogP contribution in [0.4, 0.5) is 4.39 Å². The first-order chi connectivity index (χ1) is 15.2. The van der Waals surface area contributed by atoms with Gasteiger partial charge in [0.25, 0.3) is 0 Å². The molecule has 31 heavy (non-hydrogen) atoms. The van der Waals surface area contributed by atoms with Gasteiger partial charge in [0.15, 0.2) is 0 Å². The van der Waals surface area contributed by atoms with E-state index in [4.69, 9.17) is 9.40 Å². The Bertz CT molecular complexity index is 1590. The van der Waals surface area contributed by atoms with Gasteiger partial charge in [-0.15, -0.1) is 0 Å². The van der Waals surface area contributed by atoms with Gasteiger partial charge in [-0.25, -0.2) is 9.37 Å². The monoisotopic (exact) mass is 406 g/mol. The molecule has 3 nitrogen and oxygen atoms in total. The molecular formula is C27H19FN2O. The fourth-order valence-corrected chi connectivity index (χ4v) is 4.38. The number of para-hydroxylation sites is 2. The third kappa shape index (κ3) is 2.83. The Morgan fingerprint density at radius 3 is 2.48 bits per heavy atom. The number of nitrogens with zero attached hydrogens (tertiary/aromatic N) is 2. The van der Waals surface area contributed by atoms with Crippen molar-refractivity contribution in [2.75, 3.05) is 0 Å². The molecule has 0 aliphatic carbocycles. The van der Waals surface area contributed by atoms with Crippen LogP contribution in [0.3, 0.4) is 0 Å². The largest absolute Gasteiger partial charge is 0.456 e. The van der Waals surface area contributed by atoms with E-state index in [-0.39, 0.29) is 5.82 Å². The highest BCUT2D eigenvalue weighted by molar-refractivity contribution is 6.07. The molecule has 2 aromatic heterocycles. The van der Waals surface area contributed by atoms with Crippen molar-refractivity contribution < 1.29 is 8.81 Å². The Morgan fingerprint density at radius 1 is 0.774 bits per heavy atom. The van der Waals surface area contributed by atoms with Crippen molar-refractivity contribution in [3.05, 3.63) is 90.7 Å². The molecule has 0 saturated carbocycles. The van der Waals surface area contributed by atoms with E-state index < -0.39 is 0 Å². The molecule has 0 radical (unpaired) electrons. The van der Waals surface area contributed by atoms with Crippen LogP contribution in [-0.2, 0) is 6.54 Å². The number of rotatable bonds is 3. The Labute approximate surface area is 178 Å². The summed E-state index contributed by atoms with van der Waals surface area (Å²) in [6, 6.07) is 27.1. The summed E-state index contributed by atoms with van der Waals surface area (Å²) in [4.78, 5) is 4.88. The van der Waals surface area contributed by atoms with Crippen molar-refractivity contribution in [3.8, 4) is 22.5 Å². The second kappa shape index (κ2) is 6.81. The minimum Gasteiger partial charge on any atom is -0.456 e. The first-order valence-electron chi connectivity index (χ1n) is 10.4. The minimum atomic E-state index is -0.245. The molecule has 0 spiro atoms. The van der Waals surface area contributed by atoms with Crippen LogP contribution < -0.4 is 0 Å². The van der Waals surface area contributed by atoms with Gasteiger partial charge in [0, 0.05) is 22.9 Å². The number of imidazole rings is 1. The smallest absolute Gasteiger partial charge is 0.141 e. The zero-order valence-corrected chi connectivity index (χ0v) is 17.0. The van der Waals surface area contributed by atoms with Crippen LogP contribution in [0.15, 0.2) is 89.3 Å². The standard InChI is InChI=1S/C27H19FN2O/c1-2-30-24-9-4-3-8-23(24)29-27(30)19-11-13-25-22(15-19)21-12-10-18(16-26(21)31-25)17-6-5-7-20(28)14-17/h3-16H,2H2,1H3. The van der Waals surface area contributed by atoms with Crippen molar-refractivity contribution in [1.82, 2.24) is 9.55 Å². The number of hydrogen-bond donors (Lipinski definition) is 0. The lowest BCUT2D eigenvalue weighted by Gasteiger charge is -2.06. The van der Waals surface area contributed by atoms with Crippen molar-refractivity contribution in [3.63, 3.8) is 0 Å². The van der Waals surface area contributed by atoms with Gasteiger partial charge in [-0.3, -0.25) is 0 Å². The van der Waals surface area contributed by atoms with E-state index in [1.807, 2.05) is 48.5 Å². The van der Waals surface area contributed by atoms with E-state index in [1.165, 1.54) is 12.1 Å². The molecule has 6 aromatic rings. The maximum atomic E-state index is 13.6. The Balaban J connectivity index is 1.52. The average molecular weight is 406 g/mol. The number of hydrogen-bond acceptors (Lipinski definition) is 2. The fourth-order valence-electron chi connectivity index (χ4n) is 4.38. The van der Waals surface area contributed by atoms with E-state index in [9.17, 15) is 4.39 Å². The molecule has 2 heterocycles. The molecule has 150 valence electrons. The highest BCUT2D eigenvalue weighted by Crippen LogP contribution is 2.35. The lowest BCUT2D eigenvalue weighted by molar-refractivity contribution is 0.628. The molecule has 0 aliphatic heterocycles. The molecule has 0 bridgehead atoms. The summed E-state index contributed by atoms with van der Waals surface area (Å²) in [6.07, 6.45) is 0. The summed E-state index contributed by atoms with van der Waals surface area (Å²) >= 11 is 0. The molecular weight excluding hydrogens is 387 g/mol. The van der Waals surface area contributed by atoms with Gasteiger partial charge in [-0.05, 0) is 72.6 Å². The van der Waals surface area contributed by atoms with Crippen LogP contribution in [0.25, 0.3) is 55.5 Å². The van der Waals surface area contributed by atoms with E-state index >= 15 is 0 Å². The number of aromatic nitrogens is 2. The topological polar surface area (TPSA) is 31.0 Å². The van der Waals surface area contributed by atoms with E-state index in [2.05, 4.69) is 29.7 Å². The molecule has 0 atom stereocenters. The first kappa shape index (κ1) is 17.9. The van der Waals surface area contributed by atoms with Crippen LogP contribution in [0, 0.1) is 5.82 Å². The van der Waals surface area contributed by atoms with Crippen LogP contribution in [0.5, 0.6) is 0 Å². The maximum absolute atomic E-state index is 13.6. The molecule has 0 saturated heterocycles. The van der Waals surface area contributed by atoms with Crippen LogP contribution in [0.2, 0.25) is 0 Å². The van der Waals surface area contributed by atoms with Crippen molar-refractivity contribution >= 4 is 33.0 Å². The third-order valence-electron chi connectivity index (χ3n) is 5.86. The summed E-state index contributed by atoms with van der Waals surface area (Å²) in [5, 5.41) is 2.09. The van der Waals surface area contributed by atoms with Crippen molar-refractivity contribution in [1.29, 1.82) is 0 Å². The maximum Gasteiger partial charge on any atom is 0.141 e. The molecule has 0 fully saturated rings. The predicted octanol–water partition coefficient (Wildman–Crippen LogP) is 7.43. The minimum absolute atomic E-state index is 0.245. The number of aryl methyl sites for hydroxylation is 1. The van der Waals surface area contributed by atoms with Crippen molar-refractivity contribution in [2.24, 2.45) is 0 Å². The number of benzene rings is 4. The predicted molar refractivity (Wildman–Crippen MR) is 124 cm³/mol. The molecule has 0 N–H and O–H groups in total. The zero-order valence-electron chi connectivity index (χ0n) is 17.0. The third-order valence-corrected chi connectivity index (χ3v) is 5.86.